The van der Waals surface area contributed by atoms with Crippen LogP contribution in [-0.2, 0) is 9.59 Å². The molecule has 1 amide bonds. The first-order valence-electron chi connectivity index (χ1n) is 10.1. The number of ketones is 1. The lowest BCUT2D eigenvalue weighted by Gasteiger charge is -2.25. The summed E-state index contributed by atoms with van der Waals surface area (Å²) in [6, 6.07) is 12.4. The highest BCUT2D eigenvalue weighted by atomic mass is 16.5. The first-order valence-corrected chi connectivity index (χ1v) is 10.1. The number of benzene rings is 2. The van der Waals surface area contributed by atoms with E-state index in [0.29, 0.717) is 42.4 Å². The van der Waals surface area contributed by atoms with Gasteiger partial charge in [-0.25, -0.2) is 0 Å². The summed E-state index contributed by atoms with van der Waals surface area (Å²) in [5, 5.41) is 20.9. The second-order valence-electron chi connectivity index (χ2n) is 7.82. The number of likely N-dealkylation sites (tertiary alicyclic amines) is 1. The lowest BCUT2D eigenvalue weighted by molar-refractivity contribution is -0.139. The number of aliphatic hydroxyl groups excluding tert-OH is 1. The number of phenols is 1. The molecule has 0 radical (unpaired) electrons. The lowest BCUT2D eigenvalue weighted by Crippen LogP contribution is -2.30. The van der Waals surface area contributed by atoms with E-state index < -0.39 is 17.7 Å². The number of rotatable bonds is 7. The smallest absolute Gasteiger partial charge is 0.295 e. The van der Waals surface area contributed by atoms with Gasteiger partial charge in [-0.3, -0.25) is 9.59 Å². The molecule has 1 aliphatic heterocycles. The number of carbonyl (C=O) groups is 2. The Kier molecular flexibility index (Phi) is 6.45. The zero-order chi connectivity index (χ0) is 21.8. The van der Waals surface area contributed by atoms with E-state index in [2.05, 4.69) is 13.8 Å². The van der Waals surface area contributed by atoms with Crippen LogP contribution in [0.2, 0.25) is 0 Å². The molecule has 0 saturated carbocycles. The van der Waals surface area contributed by atoms with Gasteiger partial charge in [0, 0.05) is 12.1 Å². The van der Waals surface area contributed by atoms with Gasteiger partial charge < -0.3 is 19.8 Å². The molecule has 6 nitrogen and oxygen atoms in total. The van der Waals surface area contributed by atoms with Crippen LogP contribution in [0, 0.1) is 5.92 Å². The third-order valence-corrected chi connectivity index (χ3v) is 4.90. The van der Waals surface area contributed by atoms with Crippen molar-refractivity contribution in [1.29, 1.82) is 0 Å². The second-order valence-corrected chi connectivity index (χ2v) is 7.82. The van der Waals surface area contributed by atoms with Crippen molar-refractivity contribution in [3.8, 4) is 11.5 Å². The highest BCUT2D eigenvalue weighted by Gasteiger charge is 2.45. The van der Waals surface area contributed by atoms with Crippen molar-refractivity contribution in [2.75, 3.05) is 13.2 Å². The summed E-state index contributed by atoms with van der Waals surface area (Å²) < 4.78 is 5.66. The first-order chi connectivity index (χ1) is 14.3. The molecule has 1 fully saturated rings. The molecule has 1 saturated heterocycles. The van der Waals surface area contributed by atoms with Crippen molar-refractivity contribution < 1.29 is 24.5 Å². The number of nitrogens with zero attached hydrogens (tertiary/aromatic N) is 1. The summed E-state index contributed by atoms with van der Waals surface area (Å²) >= 11 is 0. The maximum atomic E-state index is 12.8. The molecule has 158 valence electrons. The minimum Gasteiger partial charge on any atom is -0.508 e. The summed E-state index contributed by atoms with van der Waals surface area (Å²) in [6.45, 7) is 6.96. The zero-order valence-corrected chi connectivity index (χ0v) is 17.5. The predicted molar refractivity (Wildman–Crippen MR) is 114 cm³/mol. The fraction of sp³-hybridized carbons (Fsp3) is 0.333. The third kappa shape index (κ3) is 4.32. The van der Waals surface area contributed by atoms with Crippen LogP contribution in [-0.4, -0.2) is 40.0 Å². The SMILES string of the molecule is CCCN1C(=O)C(=O)/C(=C(\O)c2ccc(OCC(C)C)cc2)C1c1cccc(O)c1. The van der Waals surface area contributed by atoms with E-state index in [4.69, 9.17) is 4.74 Å². The van der Waals surface area contributed by atoms with E-state index in [0.717, 1.165) is 0 Å². The number of amides is 1. The number of aliphatic hydroxyl groups is 1. The number of Topliss-reactive ketones (excluding diaryl/α,β-unsaturated/α-hetero) is 1. The van der Waals surface area contributed by atoms with E-state index in [9.17, 15) is 19.8 Å². The van der Waals surface area contributed by atoms with Gasteiger partial charge in [0.05, 0.1) is 18.2 Å². The van der Waals surface area contributed by atoms with Crippen LogP contribution in [0.5, 0.6) is 11.5 Å². The van der Waals surface area contributed by atoms with E-state index >= 15 is 0 Å². The Labute approximate surface area is 176 Å². The van der Waals surface area contributed by atoms with E-state index in [-0.39, 0.29) is 17.1 Å². The van der Waals surface area contributed by atoms with Crippen LogP contribution in [0.3, 0.4) is 0 Å². The van der Waals surface area contributed by atoms with Gasteiger partial charge in [-0.15, -0.1) is 0 Å². The maximum Gasteiger partial charge on any atom is 0.295 e. The quantitative estimate of drug-likeness (QED) is 0.405. The van der Waals surface area contributed by atoms with Crippen molar-refractivity contribution in [3.05, 3.63) is 65.2 Å². The summed E-state index contributed by atoms with van der Waals surface area (Å²) in [4.78, 5) is 26.9. The standard InChI is InChI=1S/C24H27NO5/c1-4-12-25-21(17-6-5-7-18(26)13-17)20(23(28)24(25)29)22(27)16-8-10-19(11-9-16)30-14-15(2)3/h5-11,13,15,21,26-27H,4,12,14H2,1-3H3/b22-20-. The minimum atomic E-state index is -0.756. The maximum absolute atomic E-state index is 12.8. The Bertz CT molecular complexity index is 962. The Morgan fingerprint density at radius 2 is 1.83 bits per heavy atom. The Hall–Kier alpha value is -3.28. The number of aromatic hydroxyl groups is 1. The largest absolute Gasteiger partial charge is 0.508 e. The molecule has 30 heavy (non-hydrogen) atoms. The van der Waals surface area contributed by atoms with Gasteiger partial charge in [-0.1, -0.05) is 32.9 Å². The zero-order valence-electron chi connectivity index (χ0n) is 17.5. The molecular weight excluding hydrogens is 382 g/mol. The second kappa shape index (κ2) is 9.03. The van der Waals surface area contributed by atoms with E-state index in [1.54, 1.807) is 36.4 Å². The van der Waals surface area contributed by atoms with Crippen molar-refractivity contribution >= 4 is 17.4 Å². The first kappa shape index (κ1) is 21.4. The molecule has 1 heterocycles. The number of ether oxygens (including phenoxy) is 1. The number of hydrogen-bond donors (Lipinski definition) is 2. The minimum absolute atomic E-state index is 0.0231. The molecule has 6 heteroatoms. The van der Waals surface area contributed by atoms with Crippen molar-refractivity contribution in [2.45, 2.75) is 33.2 Å². The van der Waals surface area contributed by atoms with Gasteiger partial charge in [0.15, 0.2) is 0 Å². The molecule has 2 aromatic carbocycles. The van der Waals surface area contributed by atoms with Gasteiger partial charge >= 0.3 is 0 Å². The highest BCUT2D eigenvalue weighted by Crippen LogP contribution is 2.40. The molecule has 0 bridgehead atoms. The molecule has 2 aromatic rings. The Balaban J connectivity index is 2.04. The van der Waals surface area contributed by atoms with Crippen LogP contribution in [0.4, 0.5) is 0 Å². The fourth-order valence-corrected chi connectivity index (χ4v) is 3.52. The molecule has 1 unspecified atom stereocenters. The van der Waals surface area contributed by atoms with Crippen LogP contribution in [0.15, 0.2) is 54.1 Å². The van der Waals surface area contributed by atoms with Crippen molar-refractivity contribution in [1.82, 2.24) is 4.90 Å². The number of phenolic OH excluding ortho intramolecular Hbond substituents is 1. The van der Waals surface area contributed by atoms with Gasteiger partial charge in [0.25, 0.3) is 11.7 Å². The van der Waals surface area contributed by atoms with Gasteiger partial charge in [0.2, 0.25) is 0 Å². The van der Waals surface area contributed by atoms with E-state index in [1.165, 1.54) is 17.0 Å². The molecule has 0 aromatic heterocycles. The number of carbonyl (C=O) groups excluding carboxylic acids is 2. The average Bonchev–Trinajstić information content (AvgIpc) is 2.97. The fourth-order valence-electron chi connectivity index (χ4n) is 3.52. The monoisotopic (exact) mass is 409 g/mol. The molecule has 0 aliphatic carbocycles. The lowest BCUT2D eigenvalue weighted by atomic mass is 9.95. The van der Waals surface area contributed by atoms with Crippen LogP contribution in [0.25, 0.3) is 5.76 Å². The third-order valence-electron chi connectivity index (χ3n) is 4.90. The Morgan fingerprint density at radius 3 is 2.43 bits per heavy atom. The van der Waals surface area contributed by atoms with Gasteiger partial charge in [-0.05, 0) is 54.3 Å². The summed E-state index contributed by atoms with van der Waals surface area (Å²) in [5.41, 5.74) is 1.02. The van der Waals surface area contributed by atoms with Gasteiger partial charge in [-0.2, -0.15) is 0 Å². The van der Waals surface area contributed by atoms with E-state index in [1.807, 2.05) is 6.92 Å². The molecule has 1 atom stereocenters. The molecule has 0 spiro atoms. The summed E-state index contributed by atoms with van der Waals surface area (Å²) in [6.07, 6.45) is 0.657. The number of hydrogen-bond acceptors (Lipinski definition) is 5. The average molecular weight is 409 g/mol. The topological polar surface area (TPSA) is 87.1 Å². The van der Waals surface area contributed by atoms with Crippen LogP contribution in [0.1, 0.15) is 44.4 Å². The van der Waals surface area contributed by atoms with Crippen molar-refractivity contribution in [2.24, 2.45) is 5.92 Å². The molecule has 1 aliphatic rings. The van der Waals surface area contributed by atoms with Crippen LogP contribution >= 0.6 is 0 Å². The molecule has 2 N–H and O–H groups in total. The highest BCUT2D eigenvalue weighted by molar-refractivity contribution is 6.46. The Morgan fingerprint density at radius 1 is 1.13 bits per heavy atom. The van der Waals surface area contributed by atoms with Crippen LogP contribution < -0.4 is 4.74 Å². The van der Waals surface area contributed by atoms with Gasteiger partial charge in [0.1, 0.15) is 17.3 Å². The summed E-state index contributed by atoms with van der Waals surface area (Å²) in [7, 11) is 0. The van der Waals surface area contributed by atoms with Crippen molar-refractivity contribution in [3.63, 3.8) is 0 Å². The molecular formula is C24H27NO5. The normalized spacial score (nSPS) is 18.3. The molecule has 3 rings (SSSR count). The predicted octanol–water partition coefficient (Wildman–Crippen LogP) is 4.26. The summed E-state index contributed by atoms with van der Waals surface area (Å²) in [5.74, 6) is -0.541.